The minimum Gasteiger partial charge on any atom is -0.378 e. The van der Waals surface area contributed by atoms with Crippen molar-refractivity contribution in [1.29, 1.82) is 0 Å². The number of amides is 2. The van der Waals surface area contributed by atoms with Gasteiger partial charge in [0.15, 0.2) is 0 Å². The van der Waals surface area contributed by atoms with Gasteiger partial charge in [-0.05, 0) is 54.5 Å². The molecule has 1 heterocycles. The van der Waals surface area contributed by atoms with E-state index < -0.39 is 0 Å². The normalized spacial score (nSPS) is 13.9. The summed E-state index contributed by atoms with van der Waals surface area (Å²) in [5.41, 5.74) is 4.17. The third-order valence-corrected chi connectivity index (χ3v) is 5.34. The third kappa shape index (κ3) is 4.05. The van der Waals surface area contributed by atoms with Gasteiger partial charge in [0.2, 0.25) is 0 Å². The van der Waals surface area contributed by atoms with E-state index in [1.54, 1.807) is 6.92 Å². The lowest BCUT2D eigenvalue weighted by Gasteiger charge is -2.27. The molecule has 1 saturated heterocycles. The molecule has 1 aliphatic heterocycles. The molecule has 5 heteroatoms. The Kier molecular flexibility index (Phi) is 5.90. The summed E-state index contributed by atoms with van der Waals surface area (Å²) in [6.07, 6.45) is 3.74. The van der Waals surface area contributed by atoms with Crippen molar-refractivity contribution in [3.05, 3.63) is 108 Å². The first-order chi connectivity index (χ1) is 15.5. The molecule has 0 aliphatic carbocycles. The summed E-state index contributed by atoms with van der Waals surface area (Å²) in [5, 5.41) is 2.88. The Morgan fingerprint density at radius 1 is 0.719 bits per heavy atom. The number of hydrogen-bond acceptors (Lipinski definition) is 3. The van der Waals surface area contributed by atoms with Crippen molar-refractivity contribution < 1.29 is 9.59 Å². The third-order valence-electron chi connectivity index (χ3n) is 5.34. The second-order valence-corrected chi connectivity index (χ2v) is 7.78. The van der Waals surface area contributed by atoms with Crippen LogP contribution in [0.25, 0.3) is 6.08 Å². The predicted octanol–water partition coefficient (Wildman–Crippen LogP) is 5.08. The lowest BCUT2D eigenvalue weighted by Crippen LogP contribution is -2.41. The number of carbonyl (C=O) groups excluding carboxylic acids is 2. The number of allylic oxidation sites excluding steroid dienone is 2. The van der Waals surface area contributed by atoms with Gasteiger partial charge in [-0.15, -0.1) is 0 Å². The van der Waals surface area contributed by atoms with Crippen LogP contribution in [0.5, 0.6) is 0 Å². The van der Waals surface area contributed by atoms with E-state index in [4.69, 9.17) is 0 Å². The van der Waals surface area contributed by atoms with Gasteiger partial charge in [-0.2, -0.15) is 0 Å². The minimum absolute atomic E-state index is 0.166. The fourth-order valence-corrected chi connectivity index (χ4v) is 3.61. The van der Waals surface area contributed by atoms with Crippen LogP contribution in [0, 0.1) is 0 Å². The van der Waals surface area contributed by atoms with Gasteiger partial charge < -0.3 is 4.90 Å². The van der Waals surface area contributed by atoms with Crippen molar-refractivity contribution in [3.63, 3.8) is 0 Å². The summed E-state index contributed by atoms with van der Waals surface area (Å²) < 4.78 is 0. The molecule has 160 valence electrons. The topological polar surface area (TPSA) is 43.9 Å². The van der Waals surface area contributed by atoms with E-state index in [0.717, 1.165) is 11.3 Å². The number of hydrazine groups is 1. The molecule has 1 fully saturated rings. The van der Waals surface area contributed by atoms with Crippen LogP contribution in [0.2, 0.25) is 0 Å². The van der Waals surface area contributed by atoms with Crippen LogP contribution in [-0.2, 0) is 9.59 Å². The van der Waals surface area contributed by atoms with Gasteiger partial charge in [-0.3, -0.25) is 9.59 Å². The zero-order valence-electron chi connectivity index (χ0n) is 18.4. The molecule has 1 aliphatic rings. The van der Waals surface area contributed by atoms with E-state index in [1.807, 2.05) is 116 Å². The monoisotopic (exact) mass is 423 g/mol. The largest absolute Gasteiger partial charge is 0.378 e. The fourth-order valence-electron chi connectivity index (χ4n) is 3.61. The van der Waals surface area contributed by atoms with Crippen LogP contribution in [0.4, 0.5) is 17.1 Å². The highest BCUT2D eigenvalue weighted by Gasteiger charge is 2.43. The minimum atomic E-state index is -0.338. The average molecular weight is 424 g/mol. The van der Waals surface area contributed by atoms with E-state index in [0.29, 0.717) is 16.9 Å². The maximum Gasteiger partial charge on any atom is 0.283 e. The second kappa shape index (κ2) is 8.94. The first-order valence-corrected chi connectivity index (χ1v) is 10.4. The van der Waals surface area contributed by atoms with Crippen LogP contribution in [0.3, 0.4) is 0 Å². The van der Waals surface area contributed by atoms with Crippen molar-refractivity contribution in [2.45, 2.75) is 6.92 Å². The van der Waals surface area contributed by atoms with Gasteiger partial charge in [0.1, 0.15) is 5.57 Å². The van der Waals surface area contributed by atoms with Crippen molar-refractivity contribution in [2.75, 3.05) is 29.0 Å². The van der Waals surface area contributed by atoms with Crippen LogP contribution < -0.4 is 14.9 Å². The number of para-hydroxylation sites is 2. The molecule has 0 spiro atoms. The summed E-state index contributed by atoms with van der Waals surface area (Å²) in [6.45, 7) is 1.80. The SMILES string of the molecule is CC(C=Cc1ccc(N(C)C)cc1)=C1C(=O)N(c2ccccc2)N(c2ccccc2)C1=O. The lowest BCUT2D eigenvalue weighted by molar-refractivity contribution is -0.116. The quantitative estimate of drug-likeness (QED) is 0.425. The van der Waals surface area contributed by atoms with Crippen molar-refractivity contribution in [3.8, 4) is 0 Å². The number of carbonyl (C=O) groups is 2. The highest BCUT2D eigenvalue weighted by molar-refractivity contribution is 6.36. The molecule has 2 amide bonds. The molecule has 0 radical (unpaired) electrons. The van der Waals surface area contributed by atoms with Crippen LogP contribution in [-0.4, -0.2) is 25.9 Å². The number of hydrogen-bond donors (Lipinski definition) is 0. The summed E-state index contributed by atoms with van der Waals surface area (Å²) in [4.78, 5) is 28.9. The van der Waals surface area contributed by atoms with Gasteiger partial charge in [0, 0.05) is 19.8 Å². The molecule has 0 saturated carbocycles. The van der Waals surface area contributed by atoms with Gasteiger partial charge >= 0.3 is 0 Å². The lowest BCUT2D eigenvalue weighted by atomic mass is 10.1. The van der Waals surface area contributed by atoms with Crippen LogP contribution >= 0.6 is 0 Å². The standard InChI is InChI=1S/C27H25N3O2/c1-20(14-15-21-16-18-22(19-17-21)28(2)3)25-26(31)29(23-10-6-4-7-11-23)30(27(25)32)24-12-8-5-9-13-24/h4-19H,1-3H3. The zero-order chi connectivity index (χ0) is 22.7. The van der Waals surface area contributed by atoms with Gasteiger partial charge in [0.25, 0.3) is 11.8 Å². The number of nitrogens with zero attached hydrogens (tertiary/aromatic N) is 3. The molecule has 0 aromatic heterocycles. The molecule has 3 aromatic rings. The Morgan fingerprint density at radius 2 is 1.19 bits per heavy atom. The summed E-state index contributed by atoms with van der Waals surface area (Å²) in [7, 11) is 3.99. The van der Waals surface area contributed by atoms with Crippen LogP contribution in [0.1, 0.15) is 12.5 Å². The van der Waals surface area contributed by atoms with Gasteiger partial charge in [-0.1, -0.05) is 60.7 Å². The summed E-state index contributed by atoms with van der Waals surface area (Å²) in [5.74, 6) is -0.676. The van der Waals surface area contributed by atoms with E-state index in [9.17, 15) is 9.59 Å². The molecular weight excluding hydrogens is 398 g/mol. The number of rotatable bonds is 5. The van der Waals surface area contributed by atoms with Crippen LogP contribution in [0.15, 0.2) is 102 Å². The smallest absolute Gasteiger partial charge is 0.283 e. The molecule has 0 N–H and O–H groups in total. The molecule has 0 unspecified atom stereocenters. The molecule has 4 rings (SSSR count). The molecule has 0 bridgehead atoms. The zero-order valence-corrected chi connectivity index (χ0v) is 18.4. The molecule has 5 nitrogen and oxygen atoms in total. The summed E-state index contributed by atoms with van der Waals surface area (Å²) in [6, 6.07) is 26.5. The first kappa shape index (κ1) is 21.1. The number of benzene rings is 3. The van der Waals surface area contributed by atoms with Crippen molar-refractivity contribution in [2.24, 2.45) is 0 Å². The molecule has 0 atom stereocenters. The Bertz CT molecular complexity index is 1120. The Balaban J connectivity index is 1.72. The average Bonchev–Trinajstić information content (AvgIpc) is 3.08. The highest BCUT2D eigenvalue weighted by Crippen LogP contribution is 2.33. The maximum atomic E-state index is 13.4. The van der Waals surface area contributed by atoms with E-state index in [1.165, 1.54) is 10.0 Å². The first-order valence-electron chi connectivity index (χ1n) is 10.4. The molecule has 3 aromatic carbocycles. The van der Waals surface area contributed by atoms with Crippen molar-refractivity contribution >= 4 is 35.0 Å². The van der Waals surface area contributed by atoms with Gasteiger partial charge in [-0.25, -0.2) is 10.0 Å². The molecule has 32 heavy (non-hydrogen) atoms. The Labute approximate surface area is 188 Å². The summed E-state index contributed by atoms with van der Waals surface area (Å²) >= 11 is 0. The predicted molar refractivity (Wildman–Crippen MR) is 130 cm³/mol. The van der Waals surface area contributed by atoms with Gasteiger partial charge in [0.05, 0.1) is 11.4 Å². The van der Waals surface area contributed by atoms with Crippen molar-refractivity contribution in [1.82, 2.24) is 0 Å². The highest BCUT2D eigenvalue weighted by atomic mass is 16.2. The Morgan fingerprint density at radius 3 is 1.62 bits per heavy atom. The van der Waals surface area contributed by atoms with E-state index >= 15 is 0 Å². The maximum absolute atomic E-state index is 13.4. The fraction of sp³-hybridized carbons (Fsp3) is 0.111. The van der Waals surface area contributed by atoms with E-state index in [2.05, 4.69) is 0 Å². The molecular formula is C27H25N3O2. The number of anilines is 3. The van der Waals surface area contributed by atoms with E-state index in [-0.39, 0.29) is 17.4 Å². The Hall–Kier alpha value is -4.12. The second-order valence-electron chi connectivity index (χ2n) is 7.78.